The Bertz CT molecular complexity index is 444. The molecule has 1 saturated heterocycles. The van der Waals surface area contributed by atoms with Crippen molar-refractivity contribution in [2.75, 3.05) is 18.0 Å². The van der Waals surface area contributed by atoms with Gasteiger partial charge in [-0.25, -0.2) is 9.78 Å². The van der Waals surface area contributed by atoms with E-state index in [2.05, 4.69) is 20.9 Å². The van der Waals surface area contributed by atoms with Gasteiger partial charge in [0.15, 0.2) is 0 Å². The Balaban J connectivity index is 2.04. The van der Waals surface area contributed by atoms with Crippen LogP contribution in [0.2, 0.25) is 0 Å². The van der Waals surface area contributed by atoms with Crippen LogP contribution in [0, 0.1) is 5.95 Å². The van der Waals surface area contributed by atoms with Crippen LogP contribution in [-0.4, -0.2) is 30.3 Å². The summed E-state index contributed by atoms with van der Waals surface area (Å²) < 4.78 is 18.5. The summed E-state index contributed by atoms with van der Waals surface area (Å²) in [7, 11) is 0. The lowest BCUT2D eigenvalue weighted by atomic mass is 10.3. The molecule has 0 spiro atoms. The second-order valence-corrected chi connectivity index (χ2v) is 4.59. The first-order valence-corrected chi connectivity index (χ1v) is 5.88. The van der Waals surface area contributed by atoms with E-state index < -0.39 is 12.0 Å². The largest absolute Gasteiger partial charge is 0.444 e. The molecule has 1 amide bonds. The van der Waals surface area contributed by atoms with Gasteiger partial charge in [-0.3, -0.25) is 0 Å². The molecule has 1 aliphatic rings. The van der Waals surface area contributed by atoms with Crippen molar-refractivity contribution < 1.29 is 13.9 Å². The molecule has 17 heavy (non-hydrogen) atoms. The van der Waals surface area contributed by atoms with Gasteiger partial charge in [-0.2, -0.15) is 4.39 Å². The minimum absolute atomic E-state index is 0.249. The average Bonchev–Trinajstić information content (AvgIpc) is 2.69. The molecule has 0 saturated carbocycles. The number of ether oxygens (including phenoxy) is 1. The van der Waals surface area contributed by atoms with Crippen molar-refractivity contribution in [1.82, 2.24) is 4.98 Å². The molecule has 92 valence electrons. The number of hydrogen-bond acceptors (Lipinski definition) is 4. The Morgan fingerprint density at radius 2 is 2.41 bits per heavy atom. The summed E-state index contributed by atoms with van der Waals surface area (Å²) in [4.78, 5) is 16.3. The highest BCUT2D eigenvalue weighted by molar-refractivity contribution is 9.10. The first-order chi connectivity index (χ1) is 8.06. The third-order valence-electron chi connectivity index (χ3n) is 2.54. The van der Waals surface area contributed by atoms with Crippen molar-refractivity contribution in [3.8, 4) is 0 Å². The van der Waals surface area contributed by atoms with Crippen LogP contribution in [0.3, 0.4) is 0 Å². The van der Waals surface area contributed by atoms with Crippen molar-refractivity contribution in [2.45, 2.75) is 12.5 Å². The second-order valence-electron chi connectivity index (χ2n) is 3.74. The first kappa shape index (κ1) is 12.1. The molecule has 0 bridgehead atoms. The third kappa shape index (κ3) is 2.85. The Morgan fingerprint density at radius 3 is 3.06 bits per heavy atom. The van der Waals surface area contributed by atoms with Crippen molar-refractivity contribution in [3.63, 3.8) is 0 Å². The van der Waals surface area contributed by atoms with Crippen LogP contribution in [0.4, 0.5) is 15.0 Å². The first-order valence-electron chi connectivity index (χ1n) is 5.09. The van der Waals surface area contributed by atoms with Gasteiger partial charge in [-0.1, -0.05) is 0 Å². The normalized spacial score (nSPS) is 19.4. The van der Waals surface area contributed by atoms with Crippen molar-refractivity contribution in [2.24, 2.45) is 5.73 Å². The Hall–Kier alpha value is -1.37. The summed E-state index contributed by atoms with van der Waals surface area (Å²) in [6.07, 6.45) is -0.365. The topological polar surface area (TPSA) is 68.5 Å². The van der Waals surface area contributed by atoms with Crippen LogP contribution in [0.15, 0.2) is 16.6 Å². The number of nitrogens with two attached hydrogens (primary N) is 1. The van der Waals surface area contributed by atoms with Crippen LogP contribution in [0.25, 0.3) is 0 Å². The van der Waals surface area contributed by atoms with E-state index in [4.69, 9.17) is 10.5 Å². The predicted octanol–water partition coefficient (Wildman–Crippen LogP) is 1.66. The van der Waals surface area contributed by atoms with Crippen LogP contribution in [0.1, 0.15) is 6.42 Å². The number of pyridine rings is 1. The van der Waals surface area contributed by atoms with Gasteiger partial charge in [-0.05, 0) is 28.1 Å². The van der Waals surface area contributed by atoms with Gasteiger partial charge in [-0.15, -0.1) is 0 Å². The average molecular weight is 304 g/mol. The van der Waals surface area contributed by atoms with Crippen molar-refractivity contribution in [3.05, 3.63) is 22.6 Å². The van der Waals surface area contributed by atoms with E-state index in [0.717, 1.165) is 0 Å². The van der Waals surface area contributed by atoms with Gasteiger partial charge in [0, 0.05) is 13.0 Å². The van der Waals surface area contributed by atoms with Crippen LogP contribution in [-0.2, 0) is 4.74 Å². The molecule has 1 aromatic rings. The molecule has 0 radical (unpaired) electrons. The van der Waals surface area contributed by atoms with E-state index in [1.165, 1.54) is 0 Å². The fraction of sp³-hybridized carbons (Fsp3) is 0.400. The molecule has 2 heterocycles. The number of anilines is 1. The number of carbonyl (C=O) groups is 1. The number of carbonyl (C=O) groups excluding carboxylic acids is 1. The molecule has 5 nitrogen and oxygen atoms in total. The summed E-state index contributed by atoms with van der Waals surface area (Å²) in [5, 5.41) is 0. The van der Waals surface area contributed by atoms with Gasteiger partial charge < -0.3 is 15.4 Å². The quantitative estimate of drug-likeness (QED) is 0.844. The van der Waals surface area contributed by atoms with Gasteiger partial charge in [0.1, 0.15) is 11.9 Å². The lowest BCUT2D eigenvalue weighted by molar-refractivity contribution is 0.117. The summed E-state index contributed by atoms with van der Waals surface area (Å²) in [5.41, 5.74) is 4.94. The van der Waals surface area contributed by atoms with E-state index in [0.29, 0.717) is 29.8 Å². The number of primary amides is 1. The van der Waals surface area contributed by atoms with Gasteiger partial charge in [0.05, 0.1) is 11.0 Å². The van der Waals surface area contributed by atoms with Crippen LogP contribution >= 0.6 is 15.9 Å². The maximum Gasteiger partial charge on any atom is 0.404 e. The smallest absolute Gasteiger partial charge is 0.404 e. The number of rotatable bonds is 2. The lowest BCUT2D eigenvalue weighted by Gasteiger charge is -2.17. The standard InChI is InChI=1S/C10H11BrFN3O2/c11-7-1-2-8(14-9(7)12)15-4-3-6(5-15)17-10(13)16/h1-2,6H,3-5H2,(H2,13,16)/t6-/m1/s1. The summed E-state index contributed by atoms with van der Waals surface area (Å²) in [6, 6.07) is 3.31. The molecular weight excluding hydrogens is 293 g/mol. The van der Waals surface area contributed by atoms with Crippen molar-refractivity contribution >= 4 is 27.8 Å². The van der Waals surface area contributed by atoms with Gasteiger partial charge in [0.25, 0.3) is 0 Å². The fourth-order valence-corrected chi connectivity index (χ4v) is 2.00. The van der Waals surface area contributed by atoms with Crippen LogP contribution in [0.5, 0.6) is 0 Å². The predicted molar refractivity (Wildman–Crippen MR) is 63.2 cm³/mol. The molecule has 1 aromatic heterocycles. The second kappa shape index (κ2) is 4.87. The Morgan fingerprint density at radius 1 is 1.65 bits per heavy atom. The molecule has 0 unspecified atom stereocenters. The lowest BCUT2D eigenvalue weighted by Crippen LogP contribution is -2.27. The molecule has 2 N–H and O–H groups in total. The highest BCUT2D eigenvalue weighted by Gasteiger charge is 2.26. The SMILES string of the molecule is NC(=O)O[C@@H]1CCN(c2ccc(Br)c(F)n2)C1. The van der Waals surface area contributed by atoms with E-state index >= 15 is 0 Å². The number of amides is 1. The summed E-state index contributed by atoms with van der Waals surface area (Å²) in [5.74, 6) is -0.0250. The van der Waals surface area contributed by atoms with E-state index in [1.807, 2.05) is 4.90 Å². The van der Waals surface area contributed by atoms with E-state index in [1.54, 1.807) is 12.1 Å². The van der Waals surface area contributed by atoms with E-state index in [-0.39, 0.29) is 6.10 Å². The minimum atomic E-state index is -0.785. The molecule has 1 aliphatic heterocycles. The number of nitrogens with zero attached hydrogens (tertiary/aromatic N) is 2. The molecular formula is C10H11BrFN3O2. The van der Waals surface area contributed by atoms with Crippen molar-refractivity contribution in [1.29, 1.82) is 0 Å². The number of aromatic nitrogens is 1. The molecule has 0 aliphatic carbocycles. The van der Waals surface area contributed by atoms with Crippen LogP contribution < -0.4 is 10.6 Å². The highest BCUT2D eigenvalue weighted by Crippen LogP contribution is 2.23. The molecule has 1 atom stereocenters. The summed E-state index contributed by atoms with van der Waals surface area (Å²) in [6.45, 7) is 1.14. The molecule has 0 aromatic carbocycles. The summed E-state index contributed by atoms with van der Waals surface area (Å²) >= 11 is 3.04. The monoisotopic (exact) mass is 303 g/mol. The zero-order chi connectivity index (χ0) is 12.4. The Kier molecular flexibility index (Phi) is 3.46. The minimum Gasteiger partial charge on any atom is -0.444 e. The number of halogens is 2. The van der Waals surface area contributed by atoms with Gasteiger partial charge in [0.2, 0.25) is 5.95 Å². The zero-order valence-corrected chi connectivity index (χ0v) is 10.5. The molecule has 1 fully saturated rings. The number of hydrogen-bond donors (Lipinski definition) is 1. The third-order valence-corrected chi connectivity index (χ3v) is 3.13. The molecule has 2 rings (SSSR count). The molecule has 7 heteroatoms. The fourth-order valence-electron chi connectivity index (χ4n) is 1.78. The maximum atomic E-state index is 13.2. The highest BCUT2D eigenvalue weighted by atomic mass is 79.9. The van der Waals surface area contributed by atoms with Gasteiger partial charge >= 0.3 is 6.09 Å². The maximum absolute atomic E-state index is 13.2. The van der Waals surface area contributed by atoms with E-state index in [9.17, 15) is 9.18 Å². The Labute approximate surface area is 106 Å². The zero-order valence-electron chi connectivity index (χ0n) is 8.90.